The molecule has 3 nitrogen and oxygen atoms in total. The summed E-state index contributed by atoms with van der Waals surface area (Å²) in [5, 5.41) is 1.92. The van der Waals surface area contributed by atoms with Crippen LogP contribution >= 0.6 is 0 Å². The maximum absolute atomic E-state index is 6.11. The molecular weight excluding hydrogens is 501 g/mol. The van der Waals surface area contributed by atoms with Gasteiger partial charge < -0.3 is 9.31 Å². The standard InChI is InChI=1S/C21H24BNO2.C8H12.4C2H6/c1-15-9-7-8-10-18(15)19(23-6)16-11-13-17(14-12-16)22-24-20(2,3)21(4,5)25-22;1-4-7-8(5-2)6-3;4*1-2/h7-14H,1,6H2,2-5H3;4-5,7H,1-2,6H2,3H3;4*1-2H3/b19-18-;8-7+;;;;. The molecule has 2 aromatic carbocycles. The molecule has 41 heavy (non-hydrogen) atoms. The molecule has 0 amide bonds. The Bertz CT molecular complexity index is 1110. The van der Waals surface area contributed by atoms with Crippen molar-refractivity contribution in [3.63, 3.8) is 0 Å². The van der Waals surface area contributed by atoms with Crippen molar-refractivity contribution in [2.45, 2.75) is 108 Å². The van der Waals surface area contributed by atoms with Crippen LogP contribution in [-0.4, -0.2) is 25.0 Å². The molecule has 228 valence electrons. The third-order valence-corrected chi connectivity index (χ3v) is 6.14. The summed E-state index contributed by atoms with van der Waals surface area (Å²) in [6.45, 7) is 41.3. The van der Waals surface area contributed by atoms with Gasteiger partial charge in [-0.3, -0.25) is 4.99 Å². The summed E-state index contributed by atoms with van der Waals surface area (Å²) in [6.07, 6.45) is 6.63. The van der Waals surface area contributed by atoms with Crippen molar-refractivity contribution in [1.82, 2.24) is 0 Å². The molecule has 0 spiro atoms. The summed E-state index contributed by atoms with van der Waals surface area (Å²) < 4.78 is 12.2. The fourth-order valence-electron chi connectivity index (χ4n) is 3.34. The van der Waals surface area contributed by atoms with Gasteiger partial charge in [0.25, 0.3) is 0 Å². The summed E-state index contributed by atoms with van der Waals surface area (Å²) in [4.78, 5) is 4.23. The molecule has 0 aromatic heterocycles. The number of allylic oxidation sites excluding steroid dienone is 4. The Labute approximate surface area is 254 Å². The highest BCUT2D eigenvalue weighted by Gasteiger charge is 2.51. The molecule has 0 aliphatic carbocycles. The highest BCUT2D eigenvalue weighted by Crippen LogP contribution is 2.36. The van der Waals surface area contributed by atoms with Crippen molar-refractivity contribution in [2.75, 3.05) is 0 Å². The zero-order valence-corrected chi connectivity index (χ0v) is 28.7. The van der Waals surface area contributed by atoms with Gasteiger partial charge in [-0.05, 0) is 57.1 Å². The molecule has 1 aliphatic heterocycles. The van der Waals surface area contributed by atoms with Gasteiger partial charge in [-0.15, -0.1) is 0 Å². The molecule has 0 radical (unpaired) electrons. The molecule has 0 bridgehead atoms. The molecule has 2 aromatic rings. The predicted octanol–water partition coefficient (Wildman–Crippen LogP) is 9.05. The SMILES string of the molecule is C=C/C=C(\C=C)CC.C=N/C(c1ccc(B2OC(C)(C)C(C)(C)O2)cc1)=c1/ccccc1=C.CC.CC.CC.CC. The normalized spacial score (nSPS) is 14.7. The Morgan fingerprint density at radius 1 is 0.805 bits per heavy atom. The first-order valence-electron chi connectivity index (χ1n) is 15.2. The van der Waals surface area contributed by atoms with Gasteiger partial charge in [0.2, 0.25) is 0 Å². The minimum atomic E-state index is -0.362. The van der Waals surface area contributed by atoms with E-state index in [4.69, 9.17) is 9.31 Å². The van der Waals surface area contributed by atoms with Crippen molar-refractivity contribution in [1.29, 1.82) is 0 Å². The van der Waals surface area contributed by atoms with Gasteiger partial charge in [0.05, 0.1) is 16.9 Å². The van der Waals surface area contributed by atoms with Crippen LogP contribution in [0.1, 0.15) is 102 Å². The Morgan fingerprint density at radius 3 is 1.61 bits per heavy atom. The summed E-state index contributed by atoms with van der Waals surface area (Å²) >= 11 is 0. The third-order valence-electron chi connectivity index (χ3n) is 6.14. The largest absolute Gasteiger partial charge is 0.494 e. The maximum Gasteiger partial charge on any atom is 0.494 e. The van der Waals surface area contributed by atoms with Crippen LogP contribution in [-0.2, 0) is 9.31 Å². The molecular formula is C37H60BNO2. The lowest BCUT2D eigenvalue weighted by Gasteiger charge is -2.32. The molecule has 3 rings (SSSR count). The number of hydrogen-bond donors (Lipinski definition) is 0. The van der Waals surface area contributed by atoms with Crippen LogP contribution in [0.3, 0.4) is 0 Å². The summed E-state index contributed by atoms with van der Waals surface area (Å²) in [6, 6.07) is 16.0. The molecule has 4 heteroatoms. The Hall–Kier alpha value is -2.95. The van der Waals surface area contributed by atoms with Crippen LogP contribution in [0.25, 0.3) is 12.3 Å². The van der Waals surface area contributed by atoms with E-state index in [2.05, 4.69) is 66.1 Å². The second-order valence-corrected chi connectivity index (χ2v) is 8.91. The van der Waals surface area contributed by atoms with E-state index >= 15 is 0 Å². The van der Waals surface area contributed by atoms with Crippen LogP contribution in [0.15, 0.2) is 90.5 Å². The van der Waals surface area contributed by atoms with Crippen LogP contribution in [0.4, 0.5) is 0 Å². The Morgan fingerprint density at radius 2 is 1.27 bits per heavy atom. The van der Waals surface area contributed by atoms with Crippen LogP contribution in [0.2, 0.25) is 0 Å². The first-order valence-corrected chi connectivity index (χ1v) is 15.2. The monoisotopic (exact) mass is 561 g/mol. The van der Waals surface area contributed by atoms with Gasteiger partial charge in [0.15, 0.2) is 0 Å². The Balaban J connectivity index is -0.000000761. The molecule has 0 N–H and O–H groups in total. The van der Waals surface area contributed by atoms with Crippen molar-refractivity contribution in [3.05, 3.63) is 101 Å². The first-order chi connectivity index (χ1) is 19.6. The van der Waals surface area contributed by atoms with E-state index in [0.717, 1.165) is 33.6 Å². The first kappa shape index (κ1) is 42.5. The second-order valence-electron chi connectivity index (χ2n) is 8.91. The average molecular weight is 562 g/mol. The van der Waals surface area contributed by atoms with Crippen LogP contribution < -0.4 is 15.9 Å². The van der Waals surface area contributed by atoms with Crippen molar-refractivity contribution in [3.8, 4) is 0 Å². The highest BCUT2D eigenvalue weighted by molar-refractivity contribution is 6.62. The number of aliphatic imine (C=N–C) groups is 1. The van der Waals surface area contributed by atoms with E-state index in [-0.39, 0.29) is 18.3 Å². The van der Waals surface area contributed by atoms with E-state index in [0.29, 0.717) is 0 Å². The number of rotatable bonds is 6. The van der Waals surface area contributed by atoms with E-state index in [9.17, 15) is 0 Å². The quantitative estimate of drug-likeness (QED) is 0.200. The van der Waals surface area contributed by atoms with Gasteiger partial charge in [-0.2, -0.15) is 0 Å². The molecule has 0 atom stereocenters. The summed E-state index contributed by atoms with van der Waals surface area (Å²) in [7, 11) is -0.362. The van der Waals surface area contributed by atoms with Gasteiger partial charge in [0, 0.05) is 10.8 Å². The smallest absolute Gasteiger partial charge is 0.399 e. The lowest BCUT2D eigenvalue weighted by molar-refractivity contribution is 0.00578. The molecule has 1 heterocycles. The highest BCUT2D eigenvalue weighted by atomic mass is 16.7. The lowest BCUT2D eigenvalue weighted by atomic mass is 9.78. The van der Waals surface area contributed by atoms with Gasteiger partial charge >= 0.3 is 7.12 Å². The van der Waals surface area contributed by atoms with Crippen molar-refractivity contribution < 1.29 is 9.31 Å². The minimum absolute atomic E-state index is 0.344. The van der Waals surface area contributed by atoms with E-state index < -0.39 is 0 Å². The topological polar surface area (TPSA) is 30.8 Å². The number of nitrogens with zero attached hydrogens (tertiary/aromatic N) is 1. The van der Waals surface area contributed by atoms with Crippen molar-refractivity contribution in [2.24, 2.45) is 4.99 Å². The molecule has 1 fully saturated rings. The zero-order valence-electron chi connectivity index (χ0n) is 28.7. The van der Waals surface area contributed by atoms with Crippen molar-refractivity contribution >= 4 is 31.6 Å². The van der Waals surface area contributed by atoms with Gasteiger partial charge in [-0.1, -0.05) is 149 Å². The zero-order chi connectivity index (χ0) is 32.6. The van der Waals surface area contributed by atoms with Crippen LogP contribution in [0, 0.1) is 0 Å². The molecule has 0 saturated carbocycles. The fraction of sp³-hybridized carbons (Fsp3) is 0.432. The fourth-order valence-corrected chi connectivity index (χ4v) is 3.34. The third kappa shape index (κ3) is 13.5. The van der Waals surface area contributed by atoms with E-state index in [1.54, 1.807) is 6.08 Å². The second kappa shape index (κ2) is 23.7. The summed E-state index contributed by atoms with van der Waals surface area (Å²) in [5.74, 6) is 0. The van der Waals surface area contributed by atoms with Crippen LogP contribution in [0.5, 0.6) is 0 Å². The predicted molar refractivity (Wildman–Crippen MR) is 190 cm³/mol. The molecule has 1 saturated heterocycles. The molecule has 0 unspecified atom stereocenters. The van der Waals surface area contributed by atoms with E-state index in [1.807, 2.05) is 116 Å². The van der Waals surface area contributed by atoms with Gasteiger partial charge in [-0.25, -0.2) is 0 Å². The summed E-state index contributed by atoms with van der Waals surface area (Å²) in [5.41, 5.74) is 3.36. The minimum Gasteiger partial charge on any atom is -0.399 e. The van der Waals surface area contributed by atoms with Gasteiger partial charge in [0.1, 0.15) is 0 Å². The Kier molecular flexibility index (Phi) is 24.6. The molecule has 1 aliphatic rings. The number of hydrogen-bond acceptors (Lipinski definition) is 3. The van der Waals surface area contributed by atoms with E-state index in [1.165, 1.54) is 5.57 Å². The maximum atomic E-state index is 6.11. The number of benzene rings is 2. The average Bonchev–Trinajstić information content (AvgIpc) is 3.24. The lowest BCUT2D eigenvalue weighted by Crippen LogP contribution is -2.41.